The third kappa shape index (κ3) is 4.96. The summed E-state index contributed by atoms with van der Waals surface area (Å²) < 4.78 is 0. The van der Waals surface area contributed by atoms with E-state index >= 15 is 0 Å². The van der Waals surface area contributed by atoms with Gasteiger partial charge in [-0.15, -0.1) is 6.58 Å². The number of benzene rings is 1. The maximum absolute atomic E-state index is 8.91. The fourth-order valence-electron chi connectivity index (χ4n) is 1.59. The Kier molecular flexibility index (Phi) is 6.49. The van der Waals surface area contributed by atoms with Crippen molar-refractivity contribution in [2.24, 2.45) is 0 Å². The molecule has 1 rings (SSSR count). The Hall–Kier alpha value is -1.89. The van der Waals surface area contributed by atoms with Crippen molar-refractivity contribution in [1.29, 1.82) is 5.26 Å². The van der Waals surface area contributed by atoms with Gasteiger partial charge in [0.1, 0.15) is 0 Å². The number of rotatable bonds is 7. The molecule has 0 saturated heterocycles. The Morgan fingerprint density at radius 1 is 1.28 bits per heavy atom. The van der Waals surface area contributed by atoms with Crippen molar-refractivity contribution in [2.75, 3.05) is 26.2 Å². The largest absolute Gasteiger partial charge is 0.395 e. The van der Waals surface area contributed by atoms with Crippen molar-refractivity contribution < 1.29 is 5.11 Å². The summed E-state index contributed by atoms with van der Waals surface area (Å²) in [4.78, 5) is 2.09. The number of hydrogen-bond acceptors (Lipinski definition) is 3. The van der Waals surface area contributed by atoms with Gasteiger partial charge in [0.25, 0.3) is 0 Å². The first-order valence-corrected chi connectivity index (χ1v) is 5.91. The van der Waals surface area contributed by atoms with Crippen LogP contribution in [0, 0.1) is 11.3 Å². The normalized spacial score (nSPS) is 10.7. The van der Waals surface area contributed by atoms with Gasteiger partial charge in [-0.1, -0.05) is 30.4 Å². The van der Waals surface area contributed by atoms with Crippen LogP contribution in [0.4, 0.5) is 0 Å². The summed E-state index contributed by atoms with van der Waals surface area (Å²) in [6, 6.07) is 9.52. The number of nitriles is 1. The molecule has 0 amide bonds. The van der Waals surface area contributed by atoms with Crippen LogP contribution in [-0.4, -0.2) is 36.2 Å². The summed E-state index contributed by atoms with van der Waals surface area (Å²) in [5, 5.41) is 17.6. The third-order valence-corrected chi connectivity index (χ3v) is 2.52. The molecule has 1 N–H and O–H groups in total. The van der Waals surface area contributed by atoms with E-state index in [1.54, 1.807) is 12.1 Å². The molecule has 0 aliphatic heterocycles. The quantitative estimate of drug-likeness (QED) is 0.744. The van der Waals surface area contributed by atoms with E-state index in [1.807, 2.05) is 30.4 Å². The van der Waals surface area contributed by atoms with Crippen LogP contribution in [0.2, 0.25) is 0 Å². The molecule has 0 heterocycles. The van der Waals surface area contributed by atoms with E-state index in [4.69, 9.17) is 10.4 Å². The maximum atomic E-state index is 8.91. The van der Waals surface area contributed by atoms with Gasteiger partial charge in [0, 0.05) is 19.6 Å². The third-order valence-electron chi connectivity index (χ3n) is 2.52. The molecule has 3 nitrogen and oxygen atoms in total. The Morgan fingerprint density at radius 2 is 2.00 bits per heavy atom. The Balaban J connectivity index is 2.52. The molecule has 0 aliphatic rings. The highest BCUT2D eigenvalue weighted by Crippen LogP contribution is 2.05. The molecule has 0 aromatic heterocycles. The summed E-state index contributed by atoms with van der Waals surface area (Å²) in [6.07, 6.45) is 5.88. The van der Waals surface area contributed by atoms with Gasteiger partial charge >= 0.3 is 0 Å². The molecule has 0 radical (unpaired) electrons. The van der Waals surface area contributed by atoms with Crippen molar-refractivity contribution in [1.82, 2.24) is 4.90 Å². The second kappa shape index (κ2) is 8.24. The molecule has 3 heteroatoms. The van der Waals surface area contributed by atoms with Crippen LogP contribution in [0.25, 0.3) is 6.08 Å². The number of hydrogen-bond donors (Lipinski definition) is 1. The minimum Gasteiger partial charge on any atom is -0.395 e. The van der Waals surface area contributed by atoms with E-state index in [0.717, 1.165) is 18.7 Å². The molecule has 0 atom stereocenters. The zero-order valence-electron chi connectivity index (χ0n) is 10.4. The van der Waals surface area contributed by atoms with Crippen molar-refractivity contribution in [3.63, 3.8) is 0 Å². The van der Waals surface area contributed by atoms with E-state index in [9.17, 15) is 0 Å². The SMILES string of the molecule is C=CCN(C/C=C/c1ccc(C#N)cc1)CCO. The highest BCUT2D eigenvalue weighted by molar-refractivity contribution is 5.51. The maximum Gasteiger partial charge on any atom is 0.0991 e. The smallest absolute Gasteiger partial charge is 0.0991 e. The first kappa shape index (κ1) is 14.2. The van der Waals surface area contributed by atoms with Crippen LogP contribution in [0.3, 0.4) is 0 Å². The van der Waals surface area contributed by atoms with Crippen molar-refractivity contribution in [3.8, 4) is 6.07 Å². The Morgan fingerprint density at radius 3 is 2.56 bits per heavy atom. The monoisotopic (exact) mass is 242 g/mol. The predicted molar refractivity (Wildman–Crippen MR) is 73.9 cm³/mol. The van der Waals surface area contributed by atoms with E-state index in [1.165, 1.54) is 0 Å². The molecule has 94 valence electrons. The zero-order chi connectivity index (χ0) is 13.2. The van der Waals surface area contributed by atoms with E-state index < -0.39 is 0 Å². The lowest BCUT2D eigenvalue weighted by Crippen LogP contribution is -2.27. The lowest BCUT2D eigenvalue weighted by atomic mass is 10.1. The zero-order valence-corrected chi connectivity index (χ0v) is 10.4. The molecule has 0 fully saturated rings. The van der Waals surface area contributed by atoms with Crippen LogP contribution < -0.4 is 0 Å². The summed E-state index contributed by atoms with van der Waals surface area (Å²) in [5.41, 5.74) is 1.73. The van der Waals surface area contributed by atoms with E-state index in [0.29, 0.717) is 12.1 Å². The highest BCUT2D eigenvalue weighted by Gasteiger charge is 1.98. The number of aliphatic hydroxyl groups is 1. The fraction of sp³-hybridized carbons (Fsp3) is 0.267. The molecule has 1 aromatic carbocycles. The minimum atomic E-state index is 0.151. The van der Waals surface area contributed by atoms with Crippen molar-refractivity contribution in [2.45, 2.75) is 0 Å². The number of nitrogens with zero attached hydrogens (tertiary/aromatic N) is 2. The molecule has 0 aliphatic carbocycles. The van der Waals surface area contributed by atoms with Crippen LogP contribution in [0.5, 0.6) is 0 Å². The lowest BCUT2D eigenvalue weighted by Gasteiger charge is -2.16. The molecular formula is C15H18N2O. The molecule has 18 heavy (non-hydrogen) atoms. The molecule has 0 bridgehead atoms. The summed E-state index contributed by atoms with van der Waals surface area (Å²) in [7, 11) is 0. The van der Waals surface area contributed by atoms with Gasteiger partial charge in [-0.25, -0.2) is 0 Å². The topological polar surface area (TPSA) is 47.3 Å². The van der Waals surface area contributed by atoms with Crippen LogP contribution in [0.15, 0.2) is 43.0 Å². The van der Waals surface area contributed by atoms with Crippen LogP contribution >= 0.6 is 0 Å². The minimum absolute atomic E-state index is 0.151. The van der Waals surface area contributed by atoms with E-state index in [2.05, 4.69) is 17.5 Å². The number of aliphatic hydroxyl groups excluding tert-OH is 1. The highest BCUT2D eigenvalue weighted by atomic mass is 16.3. The van der Waals surface area contributed by atoms with Gasteiger partial charge in [-0.2, -0.15) is 5.26 Å². The summed E-state index contributed by atoms with van der Waals surface area (Å²) >= 11 is 0. The van der Waals surface area contributed by atoms with Gasteiger partial charge in [0.15, 0.2) is 0 Å². The molecule has 0 unspecified atom stereocenters. The van der Waals surface area contributed by atoms with Gasteiger partial charge in [-0.3, -0.25) is 4.90 Å². The molecule has 0 spiro atoms. The second-order valence-corrected chi connectivity index (χ2v) is 3.91. The predicted octanol–water partition coefficient (Wildman–Crippen LogP) is 2.05. The first-order valence-electron chi connectivity index (χ1n) is 5.91. The van der Waals surface area contributed by atoms with Gasteiger partial charge < -0.3 is 5.11 Å². The molecular weight excluding hydrogens is 224 g/mol. The lowest BCUT2D eigenvalue weighted by molar-refractivity contribution is 0.220. The first-order chi connectivity index (χ1) is 8.80. The van der Waals surface area contributed by atoms with Crippen LogP contribution in [-0.2, 0) is 0 Å². The molecule has 0 saturated carbocycles. The molecule has 1 aromatic rings. The van der Waals surface area contributed by atoms with Gasteiger partial charge in [0.05, 0.1) is 18.2 Å². The van der Waals surface area contributed by atoms with Crippen molar-refractivity contribution in [3.05, 3.63) is 54.1 Å². The van der Waals surface area contributed by atoms with E-state index in [-0.39, 0.29) is 6.61 Å². The Labute approximate surface area is 108 Å². The van der Waals surface area contributed by atoms with Crippen LogP contribution in [0.1, 0.15) is 11.1 Å². The van der Waals surface area contributed by atoms with Crippen molar-refractivity contribution >= 4 is 6.08 Å². The average Bonchev–Trinajstić information content (AvgIpc) is 2.40. The second-order valence-electron chi connectivity index (χ2n) is 3.91. The Bertz CT molecular complexity index is 429. The summed E-state index contributed by atoms with van der Waals surface area (Å²) in [5.74, 6) is 0. The van der Waals surface area contributed by atoms with Gasteiger partial charge in [0.2, 0.25) is 0 Å². The van der Waals surface area contributed by atoms with Gasteiger partial charge in [-0.05, 0) is 17.7 Å². The average molecular weight is 242 g/mol. The summed E-state index contributed by atoms with van der Waals surface area (Å²) in [6.45, 7) is 6.02. The standard InChI is InChI=1S/C15H18N2O/c1-2-9-17(11-12-18)10-3-4-14-5-7-15(13-16)8-6-14/h2-8,18H,1,9-12H2/b4-3+. The fourth-order valence-corrected chi connectivity index (χ4v) is 1.59.